The van der Waals surface area contributed by atoms with E-state index in [2.05, 4.69) is 22.0 Å². The van der Waals surface area contributed by atoms with Crippen LogP contribution >= 0.6 is 0 Å². The minimum atomic E-state index is -0.225. The van der Waals surface area contributed by atoms with Gasteiger partial charge in [-0.15, -0.1) is 0 Å². The molecule has 0 unspecified atom stereocenters. The highest BCUT2D eigenvalue weighted by molar-refractivity contribution is 5.98. The average molecular weight is 324 g/mol. The molecule has 1 heterocycles. The maximum atomic E-state index is 12.4. The number of hydrogen-bond acceptors (Lipinski definition) is 4. The van der Waals surface area contributed by atoms with Crippen molar-refractivity contribution >= 4 is 11.6 Å². The second-order valence-electron chi connectivity index (χ2n) is 6.08. The van der Waals surface area contributed by atoms with Gasteiger partial charge in [-0.25, -0.2) is 5.48 Å². The Hall–Kier alpha value is -2.40. The molecule has 5 heteroatoms. The maximum absolute atomic E-state index is 12.4. The molecule has 125 valence electrons. The van der Waals surface area contributed by atoms with Crippen molar-refractivity contribution in [3.05, 3.63) is 59.9 Å². The standard InChI is InChI=1S/C19H22N3O2/c23-19(22-24-14-16-5-1-2-6-16)17-7-3-4-8-18(17)21-13-15-9-11-20-12-10-15/h3-4,7-11,16,21H,1-2,5-6,13-14H2,(H,22,23). The third-order valence-electron chi connectivity index (χ3n) is 4.30. The number of aromatic nitrogens is 1. The molecular formula is C19H22N3O2. The molecule has 1 aliphatic rings. The lowest BCUT2D eigenvalue weighted by Gasteiger charge is -2.13. The highest BCUT2D eigenvalue weighted by atomic mass is 16.6. The number of hydroxylamine groups is 1. The first-order valence-corrected chi connectivity index (χ1v) is 8.39. The predicted octanol–water partition coefficient (Wildman–Crippen LogP) is 3.35. The SMILES string of the molecule is O=C(NOCC1CCCC1)c1ccccc1NCc1c[c]ncc1. The molecule has 1 aliphatic carbocycles. The number of para-hydroxylation sites is 1. The minimum absolute atomic E-state index is 0.225. The van der Waals surface area contributed by atoms with Gasteiger partial charge in [-0.05, 0) is 48.6 Å². The number of pyridine rings is 1. The average Bonchev–Trinajstić information content (AvgIpc) is 3.14. The van der Waals surface area contributed by atoms with Gasteiger partial charge in [0.05, 0.1) is 18.4 Å². The summed E-state index contributed by atoms with van der Waals surface area (Å²) in [5.41, 5.74) is 4.97. The van der Waals surface area contributed by atoms with Crippen LogP contribution in [0.15, 0.2) is 42.6 Å². The summed E-state index contributed by atoms with van der Waals surface area (Å²) in [7, 11) is 0. The van der Waals surface area contributed by atoms with E-state index in [1.807, 2.05) is 30.3 Å². The molecule has 1 radical (unpaired) electrons. The molecular weight excluding hydrogens is 302 g/mol. The molecule has 5 nitrogen and oxygen atoms in total. The Morgan fingerprint density at radius 3 is 2.88 bits per heavy atom. The van der Waals surface area contributed by atoms with Crippen LogP contribution in [0.4, 0.5) is 5.69 Å². The molecule has 1 aromatic carbocycles. The van der Waals surface area contributed by atoms with E-state index in [9.17, 15) is 4.79 Å². The van der Waals surface area contributed by atoms with Gasteiger partial charge in [-0.3, -0.25) is 14.6 Å². The monoisotopic (exact) mass is 324 g/mol. The number of carbonyl (C=O) groups is 1. The quantitative estimate of drug-likeness (QED) is 0.767. The summed E-state index contributed by atoms with van der Waals surface area (Å²) in [5.74, 6) is 0.346. The van der Waals surface area contributed by atoms with Crippen LogP contribution in [-0.4, -0.2) is 17.5 Å². The summed E-state index contributed by atoms with van der Waals surface area (Å²) in [4.78, 5) is 21.6. The van der Waals surface area contributed by atoms with E-state index in [0.717, 1.165) is 11.3 Å². The molecule has 1 aromatic heterocycles. The number of benzene rings is 1. The Bertz CT molecular complexity index is 655. The summed E-state index contributed by atoms with van der Waals surface area (Å²) in [5, 5.41) is 3.28. The lowest BCUT2D eigenvalue weighted by molar-refractivity contribution is 0.0172. The highest BCUT2D eigenvalue weighted by Crippen LogP contribution is 2.24. The van der Waals surface area contributed by atoms with Crippen molar-refractivity contribution in [3.8, 4) is 0 Å². The summed E-state index contributed by atoms with van der Waals surface area (Å²) in [6.07, 6.45) is 9.41. The summed E-state index contributed by atoms with van der Waals surface area (Å²) in [6, 6.07) is 11.2. The van der Waals surface area contributed by atoms with E-state index in [-0.39, 0.29) is 5.91 Å². The van der Waals surface area contributed by atoms with Crippen LogP contribution in [0.25, 0.3) is 0 Å². The molecule has 3 rings (SSSR count). The largest absolute Gasteiger partial charge is 0.380 e. The third kappa shape index (κ3) is 4.55. The van der Waals surface area contributed by atoms with Gasteiger partial charge in [-0.1, -0.05) is 25.0 Å². The molecule has 1 saturated carbocycles. The number of hydrogen-bond donors (Lipinski definition) is 2. The minimum Gasteiger partial charge on any atom is -0.380 e. The van der Waals surface area contributed by atoms with E-state index >= 15 is 0 Å². The molecule has 2 aromatic rings. The van der Waals surface area contributed by atoms with Gasteiger partial charge >= 0.3 is 0 Å². The molecule has 0 saturated heterocycles. The maximum Gasteiger partial charge on any atom is 0.276 e. The normalized spacial score (nSPS) is 14.5. The zero-order valence-electron chi connectivity index (χ0n) is 13.6. The fourth-order valence-corrected chi connectivity index (χ4v) is 2.94. The molecule has 0 spiro atoms. The molecule has 1 fully saturated rings. The van der Waals surface area contributed by atoms with E-state index in [1.165, 1.54) is 25.7 Å². The van der Waals surface area contributed by atoms with Crippen molar-refractivity contribution in [3.63, 3.8) is 0 Å². The van der Waals surface area contributed by atoms with Crippen molar-refractivity contribution in [2.45, 2.75) is 32.2 Å². The van der Waals surface area contributed by atoms with Crippen molar-refractivity contribution < 1.29 is 9.63 Å². The van der Waals surface area contributed by atoms with Crippen LogP contribution in [-0.2, 0) is 11.4 Å². The zero-order valence-corrected chi connectivity index (χ0v) is 13.6. The lowest BCUT2D eigenvalue weighted by Crippen LogP contribution is -2.26. The predicted molar refractivity (Wildman–Crippen MR) is 92.2 cm³/mol. The zero-order chi connectivity index (χ0) is 16.6. The Balaban J connectivity index is 1.55. The van der Waals surface area contributed by atoms with E-state index in [4.69, 9.17) is 4.84 Å². The summed E-state index contributed by atoms with van der Waals surface area (Å²) >= 11 is 0. The van der Waals surface area contributed by atoms with E-state index in [0.29, 0.717) is 24.6 Å². The Morgan fingerprint density at radius 1 is 1.25 bits per heavy atom. The van der Waals surface area contributed by atoms with Crippen LogP contribution in [0, 0.1) is 12.1 Å². The fraction of sp³-hybridized carbons (Fsp3) is 0.368. The van der Waals surface area contributed by atoms with Gasteiger partial charge in [0.25, 0.3) is 5.91 Å². The van der Waals surface area contributed by atoms with Gasteiger partial charge < -0.3 is 5.32 Å². The van der Waals surface area contributed by atoms with Crippen LogP contribution in [0.3, 0.4) is 0 Å². The van der Waals surface area contributed by atoms with Crippen molar-refractivity contribution in [1.29, 1.82) is 0 Å². The molecule has 2 N–H and O–H groups in total. The number of anilines is 1. The number of rotatable bonds is 7. The van der Waals surface area contributed by atoms with Crippen molar-refractivity contribution in [2.24, 2.45) is 5.92 Å². The second-order valence-corrected chi connectivity index (χ2v) is 6.08. The van der Waals surface area contributed by atoms with Gasteiger partial charge in [0.15, 0.2) is 0 Å². The van der Waals surface area contributed by atoms with Crippen LogP contribution < -0.4 is 10.8 Å². The first-order chi connectivity index (χ1) is 11.8. The van der Waals surface area contributed by atoms with Gasteiger partial charge in [-0.2, -0.15) is 0 Å². The first kappa shape index (κ1) is 16.5. The molecule has 0 aliphatic heterocycles. The molecule has 0 bridgehead atoms. The molecule has 1 amide bonds. The smallest absolute Gasteiger partial charge is 0.276 e. The third-order valence-corrected chi connectivity index (χ3v) is 4.30. The van der Waals surface area contributed by atoms with Crippen LogP contribution in [0.5, 0.6) is 0 Å². The van der Waals surface area contributed by atoms with E-state index < -0.39 is 0 Å². The second kappa shape index (κ2) is 8.45. The summed E-state index contributed by atoms with van der Waals surface area (Å²) in [6.45, 7) is 1.19. The highest BCUT2D eigenvalue weighted by Gasteiger charge is 2.16. The Morgan fingerprint density at radius 2 is 2.08 bits per heavy atom. The lowest BCUT2D eigenvalue weighted by atomic mass is 10.1. The van der Waals surface area contributed by atoms with Crippen molar-refractivity contribution in [2.75, 3.05) is 11.9 Å². The van der Waals surface area contributed by atoms with Gasteiger partial charge in [0.2, 0.25) is 0 Å². The number of amides is 1. The van der Waals surface area contributed by atoms with Gasteiger partial charge in [0, 0.05) is 18.4 Å². The van der Waals surface area contributed by atoms with Crippen LogP contribution in [0.1, 0.15) is 41.6 Å². The number of carbonyl (C=O) groups excluding carboxylic acids is 1. The fourth-order valence-electron chi connectivity index (χ4n) is 2.94. The van der Waals surface area contributed by atoms with E-state index in [1.54, 1.807) is 12.3 Å². The molecule has 24 heavy (non-hydrogen) atoms. The van der Waals surface area contributed by atoms with Crippen molar-refractivity contribution in [1.82, 2.24) is 10.5 Å². The number of nitrogens with zero attached hydrogens (tertiary/aromatic N) is 1. The first-order valence-electron chi connectivity index (χ1n) is 8.39. The summed E-state index contributed by atoms with van der Waals surface area (Å²) < 4.78 is 0. The van der Waals surface area contributed by atoms with Crippen LogP contribution in [0.2, 0.25) is 0 Å². The number of nitrogens with one attached hydrogen (secondary N) is 2. The Labute approximate surface area is 142 Å². The van der Waals surface area contributed by atoms with Gasteiger partial charge in [0.1, 0.15) is 0 Å². The molecule has 0 atom stereocenters. The topological polar surface area (TPSA) is 63.2 Å². The Kier molecular flexibility index (Phi) is 5.80.